The summed E-state index contributed by atoms with van der Waals surface area (Å²) in [4.78, 5) is 11.7. The van der Waals surface area contributed by atoms with Gasteiger partial charge in [0, 0.05) is 12.6 Å². The molecular formula is C16H26N2O. The van der Waals surface area contributed by atoms with Gasteiger partial charge < -0.3 is 11.1 Å². The second-order valence-electron chi connectivity index (χ2n) is 5.21. The Hall–Kier alpha value is -1.35. The standard InChI is InChI=1S/C16H26N2O/c1-3-4-5-14-6-8-15(9-7-14)12-16(19)18-11-10-13(2)17/h6-9,13H,3-5,10-12,17H2,1-2H3,(H,18,19). The summed E-state index contributed by atoms with van der Waals surface area (Å²) in [7, 11) is 0. The van der Waals surface area contributed by atoms with Crippen molar-refractivity contribution < 1.29 is 4.79 Å². The number of rotatable bonds is 8. The number of carbonyl (C=O) groups excluding carboxylic acids is 1. The SMILES string of the molecule is CCCCc1ccc(CC(=O)NCCC(C)N)cc1. The summed E-state index contributed by atoms with van der Waals surface area (Å²) >= 11 is 0. The number of aryl methyl sites for hydroxylation is 1. The molecule has 1 atom stereocenters. The lowest BCUT2D eigenvalue weighted by Crippen LogP contribution is -2.29. The molecule has 0 aliphatic heterocycles. The normalized spacial score (nSPS) is 12.2. The molecule has 0 fully saturated rings. The second kappa shape index (κ2) is 8.70. The number of unbranched alkanes of at least 4 members (excludes halogenated alkanes) is 1. The van der Waals surface area contributed by atoms with E-state index >= 15 is 0 Å². The average molecular weight is 262 g/mol. The summed E-state index contributed by atoms with van der Waals surface area (Å²) in [5.41, 5.74) is 8.05. The third kappa shape index (κ3) is 6.97. The van der Waals surface area contributed by atoms with E-state index in [2.05, 4.69) is 36.5 Å². The van der Waals surface area contributed by atoms with Crippen LogP contribution in [-0.2, 0) is 17.6 Å². The highest BCUT2D eigenvalue weighted by atomic mass is 16.1. The third-order valence-electron chi connectivity index (χ3n) is 3.13. The van der Waals surface area contributed by atoms with Gasteiger partial charge in [-0.25, -0.2) is 0 Å². The van der Waals surface area contributed by atoms with Crippen molar-refractivity contribution in [1.29, 1.82) is 0 Å². The van der Waals surface area contributed by atoms with Crippen molar-refractivity contribution in [2.75, 3.05) is 6.54 Å². The van der Waals surface area contributed by atoms with Crippen LogP contribution >= 0.6 is 0 Å². The van der Waals surface area contributed by atoms with Gasteiger partial charge in [0.2, 0.25) is 5.91 Å². The molecule has 1 aromatic carbocycles. The monoisotopic (exact) mass is 262 g/mol. The maximum Gasteiger partial charge on any atom is 0.224 e. The number of benzene rings is 1. The first-order chi connectivity index (χ1) is 9.11. The molecule has 1 unspecified atom stereocenters. The molecule has 0 bridgehead atoms. The van der Waals surface area contributed by atoms with Gasteiger partial charge >= 0.3 is 0 Å². The van der Waals surface area contributed by atoms with E-state index in [0.717, 1.165) is 18.4 Å². The summed E-state index contributed by atoms with van der Waals surface area (Å²) in [6.07, 6.45) is 4.83. The molecule has 0 aliphatic carbocycles. The van der Waals surface area contributed by atoms with Crippen LogP contribution in [0.1, 0.15) is 44.2 Å². The molecule has 3 N–H and O–H groups in total. The van der Waals surface area contributed by atoms with Crippen LogP contribution < -0.4 is 11.1 Å². The van der Waals surface area contributed by atoms with E-state index < -0.39 is 0 Å². The topological polar surface area (TPSA) is 55.1 Å². The Bertz CT molecular complexity index is 371. The highest BCUT2D eigenvalue weighted by Crippen LogP contribution is 2.08. The van der Waals surface area contributed by atoms with Crippen molar-refractivity contribution in [3.05, 3.63) is 35.4 Å². The van der Waals surface area contributed by atoms with Gasteiger partial charge in [0.25, 0.3) is 0 Å². The Morgan fingerprint density at radius 2 is 1.89 bits per heavy atom. The Labute approximate surface area is 116 Å². The van der Waals surface area contributed by atoms with Crippen molar-refractivity contribution in [3.8, 4) is 0 Å². The number of nitrogens with one attached hydrogen (secondary N) is 1. The lowest BCUT2D eigenvalue weighted by atomic mass is 10.0. The van der Waals surface area contributed by atoms with Crippen LogP contribution in [0, 0.1) is 0 Å². The van der Waals surface area contributed by atoms with Crippen LogP contribution in [0.2, 0.25) is 0 Å². The predicted octanol–water partition coefficient (Wildman–Crippen LogP) is 2.43. The van der Waals surface area contributed by atoms with Crippen LogP contribution in [-0.4, -0.2) is 18.5 Å². The molecule has 0 radical (unpaired) electrons. The number of hydrogen-bond acceptors (Lipinski definition) is 2. The quantitative estimate of drug-likeness (QED) is 0.756. The zero-order valence-electron chi connectivity index (χ0n) is 12.1. The fourth-order valence-corrected chi connectivity index (χ4v) is 1.89. The maximum absolute atomic E-state index is 11.7. The van der Waals surface area contributed by atoms with Crippen LogP contribution in [0.25, 0.3) is 0 Å². The molecule has 106 valence electrons. The first kappa shape index (κ1) is 15.7. The largest absolute Gasteiger partial charge is 0.356 e. The summed E-state index contributed by atoms with van der Waals surface area (Å²) in [5, 5.41) is 2.89. The molecule has 0 aromatic heterocycles. The van der Waals surface area contributed by atoms with Gasteiger partial charge in [-0.2, -0.15) is 0 Å². The molecule has 0 heterocycles. The molecule has 1 rings (SSSR count). The van der Waals surface area contributed by atoms with E-state index in [0.29, 0.717) is 13.0 Å². The van der Waals surface area contributed by atoms with Gasteiger partial charge in [-0.15, -0.1) is 0 Å². The van der Waals surface area contributed by atoms with E-state index in [1.54, 1.807) is 0 Å². The lowest BCUT2D eigenvalue weighted by molar-refractivity contribution is -0.120. The summed E-state index contributed by atoms with van der Waals surface area (Å²) in [6.45, 7) is 4.80. The minimum absolute atomic E-state index is 0.0713. The maximum atomic E-state index is 11.7. The van der Waals surface area contributed by atoms with Crippen molar-refractivity contribution in [1.82, 2.24) is 5.32 Å². The molecule has 3 heteroatoms. The fraction of sp³-hybridized carbons (Fsp3) is 0.562. The number of hydrogen-bond donors (Lipinski definition) is 2. The zero-order valence-corrected chi connectivity index (χ0v) is 12.1. The van der Waals surface area contributed by atoms with Crippen LogP contribution in [0.15, 0.2) is 24.3 Å². The molecule has 0 saturated carbocycles. The van der Waals surface area contributed by atoms with E-state index in [1.165, 1.54) is 18.4 Å². The van der Waals surface area contributed by atoms with Crippen LogP contribution in [0.5, 0.6) is 0 Å². The summed E-state index contributed by atoms with van der Waals surface area (Å²) in [5.74, 6) is 0.0713. The highest BCUT2D eigenvalue weighted by Gasteiger charge is 2.03. The molecule has 0 aliphatic rings. The zero-order chi connectivity index (χ0) is 14.1. The molecule has 0 spiro atoms. The first-order valence-electron chi connectivity index (χ1n) is 7.22. The van der Waals surface area contributed by atoms with Crippen LogP contribution in [0.4, 0.5) is 0 Å². The van der Waals surface area contributed by atoms with Crippen LogP contribution in [0.3, 0.4) is 0 Å². The summed E-state index contributed by atoms with van der Waals surface area (Å²) in [6, 6.07) is 8.49. The minimum Gasteiger partial charge on any atom is -0.356 e. The van der Waals surface area contributed by atoms with Crippen molar-refractivity contribution in [3.63, 3.8) is 0 Å². The lowest BCUT2D eigenvalue weighted by Gasteiger charge is -2.08. The summed E-state index contributed by atoms with van der Waals surface area (Å²) < 4.78 is 0. The van der Waals surface area contributed by atoms with Crippen molar-refractivity contribution >= 4 is 5.91 Å². The number of carbonyl (C=O) groups is 1. The first-order valence-corrected chi connectivity index (χ1v) is 7.22. The highest BCUT2D eigenvalue weighted by molar-refractivity contribution is 5.78. The molecule has 1 aromatic rings. The molecule has 19 heavy (non-hydrogen) atoms. The minimum atomic E-state index is 0.0713. The second-order valence-corrected chi connectivity index (χ2v) is 5.21. The smallest absolute Gasteiger partial charge is 0.224 e. The fourth-order valence-electron chi connectivity index (χ4n) is 1.89. The van der Waals surface area contributed by atoms with E-state index in [9.17, 15) is 4.79 Å². The Morgan fingerprint density at radius 1 is 1.26 bits per heavy atom. The van der Waals surface area contributed by atoms with Gasteiger partial charge in [0.15, 0.2) is 0 Å². The van der Waals surface area contributed by atoms with Crippen molar-refractivity contribution in [2.45, 2.75) is 52.0 Å². The molecule has 1 amide bonds. The Kier molecular flexibility index (Phi) is 7.19. The van der Waals surface area contributed by atoms with Gasteiger partial charge in [0.1, 0.15) is 0 Å². The average Bonchev–Trinajstić information content (AvgIpc) is 2.37. The van der Waals surface area contributed by atoms with Gasteiger partial charge in [-0.1, -0.05) is 37.6 Å². The Balaban J connectivity index is 2.33. The van der Waals surface area contributed by atoms with E-state index in [4.69, 9.17) is 5.73 Å². The van der Waals surface area contributed by atoms with E-state index in [-0.39, 0.29) is 11.9 Å². The van der Waals surface area contributed by atoms with Gasteiger partial charge in [0.05, 0.1) is 6.42 Å². The predicted molar refractivity (Wildman–Crippen MR) is 80.0 cm³/mol. The number of nitrogens with two attached hydrogens (primary N) is 1. The van der Waals surface area contributed by atoms with Gasteiger partial charge in [-0.05, 0) is 37.3 Å². The number of amides is 1. The van der Waals surface area contributed by atoms with Crippen molar-refractivity contribution in [2.24, 2.45) is 5.73 Å². The molecule has 3 nitrogen and oxygen atoms in total. The molecule has 0 saturated heterocycles. The molecular weight excluding hydrogens is 236 g/mol. The van der Waals surface area contributed by atoms with Gasteiger partial charge in [-0.3, -0.25) is 4.79 Å². The third-order valence-corrected chi connectivity index (χ3v) is 3.13. The van der Waals surface area contributed by atoms with E-state index in [1.807, 2.05) is 6.92 Å². The Morgan fingerprint density at radius 3 is 2.47 bits per heavy atom.